The predicted molar refractivity (Wildman–Crippen MR) is 113 cm³/mol. The fraction of sp³-hybridized carbons (Fsp3) is 0.348. The highest BCUT2D eigenvalue weighted by Gasteiger charge is 2.24. The van der Waals surface area contributed by atoms with Crippen molar-refractivity contribution in [2.45, 2.75) is 13.8 Å². The van der Waals surface area contributed by atoms with Crippen LogP contribution in [0.25, 0.3) is 0 Å². The van der Waals surface area contributed by atoms with Gasteiger partial charge in [0.25, 0.3) is 5.91 Å². The molecule has 0 radical (unpaired) electrons. The zero-order valence-electron chi connectivity index (χ0n) is 16.9. The van der Waals surface area contributed by atoms with Crippen LogP contribution in [-0.2, 0) is 0 Å². The number of nitrogens with zero attached hydrogens (tertiary/aromatic N) is 2. The molecule has 0 spiro atoms. The molecule has 0 unspecified atom stereocenters. The quantitative estimate of drug-likeness (QED) is 0.714. The molecule has 1 heterocycles. The smallest absolute Gasteiger partial charge is 0.254 e. The summed E-state index contributed by atoms with van der Waals surface area (Å²) in [5.74, 6) is 1.19. The minimum atomic E-state index is 0.0224. The van der Waals surface area contributed by atoms with Gasteiger partial charge in [0.15, 0.2) is 11.5 Å². The van der Waals surface area contributed by atoms with E-state index in [1.807, 2.05) is 4.90 Å². The Kier molecular flexibility index (Phi) is 6.24. The van der Waals surface area contributed by atoms with Crippen molar-refractivity contribution in [1.29, 1.82) is 0 Å². The van der Waals surface area contributed by atoms with Crippen LogP contribution in [0.1, 0.15) is 21.5 Å². The lowest BCUT2D eigenvalue weighted by molar-refractivity contribution is 0.0746. The van der Waals surface area contributed by atoms with E-state index in [9.17, 15) is 4.79 Å². The van der Waals surface area contributed by atoms with Gasteiger partial charge in [-0.2, -0.15) is 0 Å². The van der Waals surface area contributed by atoms with Crippen molar-refractivity contribution in [3.05, 3.63) is 65.7 Å². The Labute approximate surface area is 167 Å². The Morgan fingerprint density at radius 3 is 2.54 bits per heavy atom. The Morgan fingerprint density at radius 1 is 1.11 bits per heavy atom. The SMILES string of the molecule is C=CCOc1ccc(C(=O)N2CCN(c3cccc(C)c3C)CC2)cc1OC. The molecule has 0 bridgehead atoms. The number of benzene rings is 2. The van der Waals surface area contributed by atoms with Crippen LogP contribution in [0.5, 0.6) is 11.5 Å². The molecule has 0 N–H and O–H groups in total. The minimum absolute atomic E-state index is 0.0224. The Balaban J connectivity index is 1.68. The molecular weight excluding hydrogens is 352 g/mol. The van der Waals surface area contributed by atoms with E-state index in [1.54, 1.807) is 31.4 Å². The number of hydrogen-bond donors (Lipinski definition) is 0. The van der Waals surface area contributed by atoms with Crippen LogP contribution in [0.15, 0.2) is 49.1 Å². The molecular formula is C23H28N2O3. The molecule has 1 fully saturated rings. The summed E-state index contributed by atoms with van der Waals surface area (Å²) < 4.78 is 10.9. The number of rotatable bonds is 6. The molecule has 28 heavy (non-hydrogen) atoms. The molecule has 2 aromatic rings. The van der Waals surface area contributed by atoms with E-state index in [0.717, 1.165) is 13.1 Å². The van der Waals surface area contributed by atoms with Crippen LogP contribution in [0.4, 0.5) is 5.69 Å². The number of aryl methyl sites for hydroxylation is 1. The molecule has 1 aliphatic rings. The van der Waals surface area contributed by atoms with Gasteiger partial charge in [0, 0.05) is 37.4 Å². The van der Waals surface area contributed by atoms with Crippen molar-refractivity contribution in [3.63, 3.8) is 0 Å². The van der Waals surface area contributed by atoms with Crippen molar-refractivity contribution >= 4 is 11.6 Å². The summed E-state index contributed by atoms with van der Waals surface area (Å²) in [6.07, 6.45) is 1.67. The normalized spacial score (nSPS) is 14.0. The van der Waals surface area contributed by atoms with E-state index in [1.165, 1.54) is 16.8 Å². The average Bonchev–Trinajstić information content (AvgIpc) is 2.73. The first-order valence-corrected chi connectivity index (χ1v) is 9.57. The molecule has 0 aliphatic carbocycles. The standard InChI is InChI=1S/C23H28N2O3/c1-5-15-28-21-10-9-19(16-22(21)27-4)23(26)25-13-11-24(12-14-25)20-8-6-7-17(2)18(20)3/h5-10,16H,1,11-15H2,2-4H3. The number of carbonyl (C=O) groups is 1. The van der Waals surface area contributed by atoms with Gasteiger partial charge in [-0.1, -0.05) is 24.8 Å². The summed E-state index contributed by atoms with van der Waals surface area (Å²) in [7, 11) is 1.58. The zero-order valence-corrected chi connectivity index (χ0v) is 16.9. The number of ether oxygens (including phenoxy) is 2. The number of methoxy groups -OCH3 is 1. The first-order chi connectivity index (χ1) is 13.5. The molecule has 1 saturated heterocycles. The monoisotopic (exact) mass is 380 g/mol. The van der Waals surface area contributed by atoms with E-state index in [0.29, 0.717) is 36.8 Å². The van der Waals surface area contributed by atoms with Gasteiger partial charge in [0.1, 0.15) is 6.61 Å². The second-order valence-electron chi connectivity index (χ2n) is 6.96. The molecule has 2 aromatic carbocycles. The van der Waals surface area contributed by atoms with E-state index in [2.05, 4.69) is 43.5 Å². The molecule has 0 atom stereocenters. The van der Waals surface area contributed by atoms with Crippen molar-refractivity contribution in [1.82, 2.24) is 4.90 Å². The highest BCUT2D eigenvalue weighted by Crippen LogP contribution is 2.29. The van der Waals surface area contributed by atoms with Gasteiger partial charge in [-0.15, -0.1) is 0 Å². The van der Waals surface area contributed by atoms with E-state index < -0.39 is 0 Å². The van der Waals surface area contributed by atoms with Gasteiger partial charge in [0.05, 0.1) is 7.11 Å². The first-order valence-electron chi connectivity index (χ1n) is 9.57. The van der Waals surface area contributed by atoms with E-state index in [4.69, 9.17) is 9.47 Å². The lowest BCUT2D eigenvalue weighted by Gasteiger charge is -2.37. The van der Waals surface area contributed by atoms with Crippen LogP contribution >= 0.6 is 0 Å². The highest BCUT2D eigenvalue weighted by molar-refractivity contribution is 5.95. The van der Waals surface area contributed by atoms with Crippen molar-refractivity contribution in [2.75, 3.05) is 44.8 Å². The summed E-state index contributed by atoms with van der Waals surface area (Å²) in [6, 6.07) is 11.7. The van der Waals surface area contributed by atoms with Gasteiger partial charge in [-0.3, -0.25) is 4.79 Å². The predicted octanol–water partition coefficient (Wildman–Crippen LogP) is 3.84. The van der Waals surface area contributed by atoms with E-state index in [-0.39, 0.29) is 5.91 Å². The molecule has 3 rings (SSSR count). The first kappa shape index (κ1) is 19.8. The Bertz CT molecular complexity index is 855. The second-order valence-corrected chi connectivity index (χ2v) is 6.96. The summed E-state index contributed by atoms with van der Waals surface area (Å²) in [5, 5.41) is 0. The third kappa shape index (κ3) is 4.14. The third-order valence-electron chi connectivity index (χ3n) is 5.25. The number of anilines is 1. The van der Waals surface area contributed by atoms with Gasteiger partial charge in [-0.25, -0.2) is 0 Å². The minimum Gasteiger partial charge on any atom is -0.493 e. The van der Waals surface area contributed by atoms with Gasteiger partial charge >= 0.3 is 0 Å². The fourth-order valence-corrected chi connectivity index (χ4v) is 3.48. The molecule has 0 saturated carbocycles. The lowest BCUT2D eigenvalue weighted by Crippen LogP contribution is -2.49. The average molecular weight is 380 g/mol. The van der Waals surface area contributed by atoms with Gasteiger partial charge in [0.2, 0.25) is 0 Å². The fourth-order valence-electron chi connectivity index (χ4n) is 3.48. The van der Waals surface area contributed by atoms with Gasteiger partial charge in [-0.05, 0) is 49.2 Å². The van der Waals surface area contributed by atoms with Crippen LogP contribution in [0, 0.1) is 13.8 Å². The van der Waals surface area contributed by atoms with Gasteiger partial charge < -0.3 is 19.3 Å². The molecule has 1 aliphatic heterocycles. The molecule has 5 heteroatoms. The Morgan fingerprint density at radius 2 is 1.86 bits per heavy atom. The Hall–Kier alpha value is -2.95. The number of piperazine rings is 1. The zero-order chi connectivity index (χ0) is 20.1. The number of amides is 1. The van der Waals surface area contributed by atoms with Crippen LogP contribution in [0.2, 0.25) is 0 Å². The maximum atomic E-state index is 13.0. The highest BCUT2D eigenvalue weighted by atomic mass is 16.5. The van der Waals surface area contributed by atoms with Crippen molar-refractivity contribution in [3.8, 4) is 11.5 Å². The van der Waals surface area contributed by atoms with Crippen molar-refractivity contribution < 1.29 is 14.3 Å². The maximum absolute atomic E-state index is 13.0. The summed E-state index contributed by atoms with van der Waals surface area (Å²) in [5.41, 5.74) is 4.48. The molecule has 1 amide bonds. The summed E-state index contributed by atoms with van der Waals surface area (Å²) in [6.45, 7) is 11.4. The summed E-state index contributed by atoms with van der Waals surface area (Å²) in [4.78, 5) is 17.2. The third-order valence-corrected chi connectivity index (χ3v) is 5.25. The second kappa shape index (κ2) is 8.83. The topological polar surface area (TPSA) is 42.0 Å². The largest absolute Gasteiger partial charge is 0.493 e. The van der Waals surface area contributed by atoms with E-state index >= 15 is 0 Å². The molecule has 0 aromatic heterocycles. The molecule has 148 valence electrons. The molecule has 5 nitrogen and oxygen atoms in total. The lowest BCUT2D eigenvalue weighted by atomic mass is 10.1. The van der Waals surface area contributed by atoms with Crippen LogP contribution < -0.4 is 14.4 Å². The van der Waals surface area contributed by atoms with Crippen LogP contribution in [0.3, 0.4) is 0 Å². The van der Waals surface area contributed by atoms with Crippen LogP contribution in [-0.4, -0.2) is 50.7 Å². The number of hydrogen-bond acceptors (Lipinski definition) is 4. The number of carbonyl (C=O) groups excluding carboxylic acids is 1. The summed E-state index contributed by atoms with van der Waals surface area (Å²) >= 11 is 0. The van der Waals surface area contributed by atoms with Crippen molar-refractivity contribution in [2.24, 2.45) is 0 Å². The maximum Gasteiger partial charge on any atom is 0.254 e.